The van der Waals surface area contributed by atoms with Crippen molar-refractivity contribution in [1.29, 1.82) is 0 Å². The fourth-order valence-corrected chi connectivity index (χ4v) is 5.05. The van der Waals surface area contributed by atoms with Crippen molar-refractivity contribution in [3.63, 3.8) is 0 Å². The molecular formula is C26H23ClN4S. The van der Waals surface area contributed by atoms with Crippen molar-refractivity contribution in [3.8, 4) is 5.69 Å². The summed E-state index contributed by atoms with van der Waals surface area (Å²) in [6, 6.07) is 24.4. The highest BCUT2D eigenvalue weighted by molar-refractivity contribution is 7.80. The molecule has 4 aromatic rings. The summed E-state index contributed by atoms with van der Waals surface area (Å²) >= 11 is 12.2. The molecule has 1 fully saturated rings. The van der Waals surface area contributed by atoms with Gasteiger partial charge in [-0.2, -0.15) is 0 Å². The quantitative estimate of drug-likeness (QED) is 0.363. The summed E-state index contributed by atoms with van der Waals surface area (Å²) in [6.07, 6.45) is 3.89. The molecule has 1 saturated heterocycles. The summed E-state index contributed by atoms with van der Waals surface area (Å²) in [4.78, 5) is 6.87. The van der Waals surface area contributed by atoms with Crippen LogP contribution in [0, 0.1) is 13.8 Å². The third-order valence-corrected chi connectivity index (χ3v) is 6.30. The fourth-order valence-electron chi connectivity index (χ4n) is 4.52. The van der Waals surface area contributed by atoms with E-state index in [1.165, 1.54) is 11.1 Å². The smallest absolute Gasteiger partial charge is 0.174 e. The minimum absolute atomic E-state index is 0.0902. The zero-order valence-corrected chi connectivity index (χ0v) is 19.4. The number of thiocarbonyl (C=S) groups is 1. The second kappa shape index (κ2) is 8.41. The van der Waals surface area contributed by atoms with E-state index in [0.29, 0.717) is 10.1 Å². The van der Waals surface area contributed by atoms with Crippen LogP contribution in [0.1, 0.15) is 34.6 Å². The molecule has 4 nitrogen and oxygen atoms in total. The van der Waals surface area contributed by atoms with Crippen LogP contribution in [0.25, 0.3) is 5.69 Å². The first-order valence-corrected chi connectivity index (χ1v) is 11.3. The standard InChI is InChI=1S/C26H23ClN4S/c1-17-13-18(2)15-21(14-17)31-25(24(29-26(31)32)22-9-3-4-11-28-22)23-10-6-12-30(23)20-8-5-7-19(27)16-20/h3-16,24-25H,1-2H3,(H,29,32)/t24-,25-/m0/s1. The Hall–Kier alpha value is -3.15. The van der Waals surface area contributed by atoms with Gasteiger partial charge in [-0.05, 0) is 91.8 Å². The Morgan fingerprint density at radius 2 is 1.72 bits per heavy atom. The van der Waals surface area contributed by atoms with Crippen molar-refractivity contribution in [2.75, 3.05) is 4.90 Å². The average molecular weight is 459 g/mol. The van der Waals surface area contributed by atoms with Gasteiger partial charge in [-0.25, -0.2) is 0 Å². The number of nitrogens with zero attached hydrogens (tertiary/aromatic N) is 3. The highest BCUT2D eigenvalue weighted by Gasteiger charge is 2.42. The molecule has 6 heteroatoms. The molecule has 2 atom stereocenters. The first-order chi connectivity index (χ1) is 15.5. The van der Waals surface area contributed by atoms with Crippen LogP contribution in [0.15, 0.2) is 85.2 Å². The Morgan fingerprint density at radius 1 is 0.906 bits per heavy atom. The first kappa shape index (κ1) is 20.7. The van der Waals surface area contributed by atoms with E-state index in [9.17, 15) is 0 Å². The molecule has 0 bridgehead atoms. The van der Waals surface area contributed by atoms with E-state index in [1.807, 2.05) is 42.6 Å². The van der Waals surface area contributed by atoms with E-state index in [1.54, 1.807) is 0 Å². The van der Waals surface area contributed by atoms with E-state index in [2.05, 4.69) is 76.2 Å². The Bertz CT molecular complexity index is 1260. The number of aromatic nitrogens is 2. The largest absolute Gasteiger partial charge is 0.351 e. The molecule has 3 heterocycles. The van der Waals surface area contributed by atoms with Gasteiger partial charge in [-0.3, -0.25) is 4.98 Å². The molecule has 0 spiro atoms. The lowest BCUT2D eigenvalue weighted by Gasteiger charge is -2.29. The van der Waals surface area contributed by atoms with E-state index < -0.39 is 0 Å². The van der Waals surface area contributed by atoms with Crippen molar-refractivity contribution in [1.82, 2.24) is 14.9 Å². The summed E-state index contributed by atoms with van der Waals surface area (Å²) in [5, 5.41) is 4.93. The minimum atomic E-state index is -0.0997. The number of halogens is 1. The van der Waals surface area contributed by atoms with Gasteiger partial charge in [-0.1, -0.05) is 29.8 Å². The number of aryl methyl sites for hydroxylation is 2. The summed E-state index contributed by atoms with van der Waals surface area (Å²) in [7, 11) is 0. The van der Waals surface area contributed by atoms with E-state index in [0.717, 1.165) is 22.8 Å². The Kier molecular flexibility index (Phi) is 5.45. The van der Waals surface area contributed by atoms with Gasteiger partial charge in [-0.15, -0.1) is 0 Å². The fraction of sp³-hybridized carbons (Fsp3) is 0.154. The Balaban J connectivity index is 1.69. The molecule has 32 heavy (non-hydrogen) atoms. The van der Waals surface area contributed by atoms with Crippen LogP contribution in [0.2, 0.25) is 5.02 Å². The molecule has 2 aromatic carbocycles. The molecule has 0 radical (unpaired) electrons. The van der Waals surface area contributed by atoms with Gasteiger partial charge in [0.15, 0.2) is 5.11 Å². The van der Waals surface area contributed by atoms with Crippen LogP contribution in [-0.4, -0.2) is 14.7 Å². The van der Waals surface area contributed by atoms with Gasteiger partial charge in [0.2, 0.25) is 0 Å². The normalized spacial score (nSPS) is 18.1. The van der Waals surface area contributed by atoms with Gasteiger partial charge in [0.25, 0.3) is 0 Å². The molecule has 0 amide bonds. The number of rotatable bonds is 4. The van der Waals surface area contributed by atoms with Crippen molar-refractivity contribution < 1.29 is 0 Å². The van der Waals surface area contributed by atoms with E-state index >= 15 is 0 Å². The predicted molar refractivity (Wildman–Crippen MR) is 135 cm³/mol. The average Bonchev–Trinajstić information content (AvgIpc) is 3.38. The minimum Gasteiger partial charge on any atom is -0.351 e. The zero-order valence-electron chi connectivity index (χ0n) is 17.9. The lowest BCUT2D eigenvalue weighted by Crippen LogP contribution is -2.30. The molecule has 1 N–H and O–H groups in total. The highest BCUT2D eigenvalue weighted by Crippen LogP contribution is 2.42. The van der Waals surface area contributed by atoms with Crippen LogP contribution in [-0.2, 0) is 0 Å². The molecule has 0 unspecified atom stereocenters. The van der Waals surface area contributed by atoms with Gasteiger partial charge >= 0.3 is 0 Å². The number of nitrogens with one attached hydrogen (secondary N) is 1. The number of anilines is 1. The SMILES string of the molecule is Cc1cc(C)cc(N2C(=S)N[C@@H](c3ccccn3)[C@@H]2c2cccn2-c2cccc(Cl)c2)c1. The van der Waals surface area contributed by atoms with Crippen LogP contribution in [0.3, 0.4) is 0 Å². The van der Waals surface area contributed by atoms with E-state index in [-0.39, 0.29) is 12.1 Å². The molecule has 2 aromatic heterocycles. The van der Waals surface area contributed by atoms with Gasteiger partial charge in [0, 0.05) is 34.5 Å². The summed E-state index contributed by atoms with van der Waals surface area (Å²) < 4.78 is 2.18. The summed E-state index contributed by atoms with van der Waals surface area (Å²) in [6.45, 7) is 4.23. The topological polar surface area (TPSA) is 33.1 Å². The second-order valence-electron chi connectivity index (χ2n) is 8.13. The lowest BCUT2D eigenvalue weighted by molar-refractivity contribution is 0.549. The number of pyridine rings is 1. The van der Waals surface area contributed by atoms with Gasteiger partial charge < -0.3 is 14.8 Å². The van der Waals surface area contributed by atoms with Gasteiger partial charge in [0.1, 0.15) is 6.04 Å². The highest BCUT2D eigenvalue weighted by atomic mass is 35.5. The third-order valence-electron chi connectivity index (χ3n) is 5.75. The second-order valence-corrected chi connectivity index (χ2v) is 8.95. The number of benzene rings is 2. The maximum absolute atomic E-state index is 6.31. The summed E-state index contributed by atoms with van der Waals surface area (Å²) in [5.41, 5.74) is 6.54. The monoisotopic (exact) mass is 458 g/mol. The summed E-state index contributed by atoms with van der Waals surface area (Å²) in [5.74, 6) is 0. The van der Waals surface area contributed by atoms with Crippen LogP contribution < -0.4 is 10.2 Å². The van der Waals surface area contributed by atoms with Crippen molar-refractivity contribution in [3.05, 3.63) is 113 Å². The van der Waals surface area contributed by atoms with E-state index in [4.69, 9.17) is 23.8 Å². The predicted octanol–water partition coefficient (Wildman–Crippen LogP) is 6.32. The molecule has 1 aliphatic rings. The zero-order chi connectivity index (χ0) is 22.2. The van der Waals surface area contributed by atoms with Crippen LogP contribution in [0.5, 0.6) is 0 Å². The Morgan fingerprint density at radius 3 is 2.44 bits per heavy atom. The van der Waals surface area contributed by atoms with Crippen molar-refractivity contribution in [2.45, 2.75) is 25.9 Å². The maximum Gasteiger partial charge on any atom is 0.174 e. The van der Waals surface area contributed by atoms with Crippen molar-refractivity contribution in [2.24, 2.45) is 0 Å². The molecule has 5 rings (SSSR count). The van der Waals surface area contributed by atoms with Crippen molar-refractivity contribution >= 4 is 34.6 Å². The lowest BCUT2D eigenvalue weighted by atomic mass is 10.00. The molecule has 1 aliphatic heterocycles. The van der Waals surface area contributed by atoms with Crippen LogP contribution in [0.4, 0.5) is 5.69 Å². The maximum atomic E-state index is 6.31. The van der Waals surface area contributed by atoms with Crippen LogP contribution >= 0.6 is 23.8 Å². The van der Waals surface area contributed by atoms with Gasteiger partial charge in [0.05, 0.1) is 11.7 Å². The third kappa shape index (κ3) is 3.78. The number of hydrogen-bond donors (Lipinski definition) is 1. The molecule has 0 aliphatic carbocycles. The first-order valence-electron chi connectivity index (χ1n) is 10.5. The molecule has 0 saturated carbocycles. The number of hydrogen-bond acceptors (Lipinski definition) is 2. The Labute approximate surface area is 198 Å². The molecular weight excluding hydrogens is 436 g/mol. The molecule has 160 valence electrons.